The summed E-state index contributed by atoms with van der Waals surface area (Å²) in [6.07, 6.45) is 7.90. The largest absolute Gasteiger partial charge is 0.339 e. The number of hydrogen-bond donors (Lipinski definition) is 1. The van der Waals surface area contributed by atoms with Crippen LogP contribution in [0, 0.1) is 5.92 Å². The molecule has 0 aromatic rings. The van der Waals surface area contributed by atoms with Gasteiger partial charge in [-0.15, -0.1) is 0 Å². The second-order valence-electron chi connectivity index (χ2n) is 6.48. The number of hydrogen-bond acceptors (Lipinski definition) is 3. The first-order chi connectivity index (χ1) is 9.70. The van der Waals surface area contributed by atoms with Crippen LogP contribution < -0.4 is 5.32 Å². The van der Waals surface area contributed by atoms with E-state index in [9.17, 15) is 4.79 Å². The number of amides is 1. The zero-order chi connectivity index (χ0) is 14.4. The summed E-state index contributed by atoms with van der Waals surface area (Å²) in [6.45, 7) is 6.53. The Kier molecular flexibility index (Phi) is 6.30. The number of rotatable bonds is 4. The maximum absolute atomic E-state index is 12.3. The van der Waals surface area contributed by atoms with Gasteiger partial charge in [0.2, 0.25) is 5.91 Å². The zero-order valence-electron chi connectivity index (χ0n) is 13.2. The van der Waals surface area contributed by atoms with E-state index in [0.29, 0.717) is 18.5 Å². The molecular weight excluding hydrogens is 250 g/mol. The highest BCUT2D eigenvalue weighted by atomic mass is 16.2. The van der Waals surface area contributed by atoms with E-state index >= 15 is 0 Å². The summed E-state index contributed by atoms with van der Waals surface area (Å²) < 4.78 is 0. The lowest BCUT2D eigenvalue weighted by molar-refractivity contribution is -0.133. The number of nitrogens with zero attached hydrogens (tertiary/aromatic N) is 2. The molecule has 2 rings (SSSR count). The van der Waals surface area contributed by atoms with Gasteiger partial charge in [-0.2, -0.15) is 0 Å². The van der Waals surface area contributed by atoms with Crippen molar-refractivity contribution in [1.82, 2.24) is 15.1 Å². The van der Waals surface area contributed by atoms with Crippen molar-refractivity contribution < 1.29 is 4.79 Å². The molecule has 1 amide bonds. The third kappa shape index (κ3) is 4.45. The molecule has 2 atom stereocenters. The summed E-state index contributed by atoms with van der Waals surface area (Å²) >= 11 is 0. The first kappa shape index (κ1) is 15.8. The van der Waals surface area contributed by atoms with Crippen molar-refractivity contribution in [3.63, 3.8) is 0 Å². The molecule has 1 saturated carbocycles. The van der Waals surface area contributed by atoms with E-state index in [1.165, 1.54) is 38.5 Å². The summed E-state index contributed by atoms with van der Waals surface area (Å²) in [7, 11) is 2.14. The maximum atomic E-state index is 12.3. The molecule has 0 aromatic heterocycles. The lowest BCUT2D eigenvalue weighted by Crippen LogP contribution is -2.50. The van der Waals surface area contributed by atoms with Gasteiger partial charge < -0.3 is 10.2 Å². The van der Waals surface area contributed by atoms with Crippen molar-refractivity contribution in [2.75, 3.05) is 39.8 Å². The molecule has 2 fully saturated rings. The van der Waals surface area contributed by atoms with Crippen LogP contribution in [0.15, 0.2) is 0 Å². The Balaban J connectivity index is 1.78. The minimum absolute atomic E-state index is 0.310. The molecule has 0 aromatic carbocycles. The fourth-order valence-electron chi connectivity index (χ4n) is 3.56. The van der Waals surface area contributed by atoms with Crippen LogP contribution in [0.1, 0.15) is 45.4 Å². The Labute approximate surface area is 123 Å². The van der Waals surface area contributed by atoms with E-state index in [-0.39, 0.29) is 0 Å². The van der Waals surface area contributed by atoms with Gasteiger partial charge in [-0.05, 0) is 32.2 Å². The summed E-state index contributed by atoms with van der Waals surface area (Å²) in [5.74, 6) is 1.22. The van der Waals surface area contributed by atoms with Gasteiger partial charge in [0.05, 0.1) is 6.54 Å². The average Bonchev–Trinajstić information content (AvgIpc) is 2.73. The number of piperazine rings is 1. The molecule has 1 saturated heterocycles. The molecule has 1 heterocycles. The van der Waals surface area contributed by atoms with Crippen LogP contribution in [0.4, 0.5) is 0 Å². The minimum Gasteiger partial charge on any atom is -0.339 e. The van der Waals surface area contributed by atoms with Gasteiger partial charge in [0.15, 0.2) is 0 Å². The Morgan fingerprint density at radius 1 is 1.20 bits per heavy atom. The third-order valence-electron chi connectivity index (χ3n) is 5.11. The summed E-state index contributed by atoms with van der Waals surface area (Å²) in [5, 5.41) is 3.30. The molecule has 0 spiro atoms. The summed E-state index contributed by atoms with van der Waals surface area (Å²) in [5.41, 5.74) is 0. The summed E-state index contributed by atoms with van der Waals surface area (Å²) in [6, 6.07) is 0.610. The Bertz CT molecular complexity index is 302. The molecule has 1 aliphatic heterocycles. The predicted molar refractivity (Wildman–Crippen MR) is 82.7 cm³/mol. The van der Waals surface area contributed by atoms with Crippen LogP contribution in [0.5, 0.6) is 0 Å². The molecule has 0 bridgehead atoms. The van der Waals surface area contributed by atoms with Gasteiger partial charge in [0.25, 0.3) is 0 Å². The first-order valence-corrected chi connectivity index (χ1v) is 8.39. The molecule has 1 N–H and O–H groups in total. The molecule has 4 nitrogen and oxygen atoms in total. The van der Waals surface area contributed by atoms with Crippen molar-refractivity contribution in [3.8, 4) is 0 Å². The second kappa shape index (κ2) is 7.99. The number of likely N-dealkylation sites (N-methyl/N-ethyl adjacent to an activating group) is 1. The lowest BCUT2D eigenvalue weighted by atomic mass is 9.97. The van der Waals surface area contributed by atoms with Crippen molar-refractivity contribution in [3.05, 3.63) is 0 Å². The van der Waals surface area contributed by atoms with E-state index in [2.05, 4.69) is 24.2 Å². The maximum Gasteiger partial charge on any atom is 0.236 e. The highest BCUT2D eigenvalue weighted by Crippen LogP contribution is 2.27. The van der Waals surface area contributed by atoms with Crippen LogP contribution in [-0.2, 0) is 4.79 Å². The van der Waals surface area contributed by atoms with Gasteiger partial charge in [-0.3, -0.25) is 9.69 Å². The molecule has 2 unspecified atom stereocenters. The van der Waals surface area contributed by atoms with Crippen LogP contribution in [0.3, 0.4) is 0 Å². The van der Waals surface area contributed by atoms with Crippen molar-refractivity contribution in [1.29, 1.82) is 0 Å². The molecule has 4 heteroatoms. The minimum atomic E-state index is 0.310. The van der Waals surface area contributed by atoms with Gasteiger partial charge in [-0.25, -0.2) is 0 Å². The van der Waals surface area contributed by atoms with Gasteiger partial charge in [0, 0.05) is 32.2 Å². The Morgan fingerprint density at radius 2 is 1.95 bits per heavy atom. The molecule has 116 valence electrons. The van der Waals surface area contributed by atoms with E-state index in [4.69, 9.17) is 0 Å². The van der Waals surface area contributed by atoms with E-state index in [0.717, 1.165) is 32.1 Å². The van der Waals surface area contributed by atoms with Crippen LogP contribution in [0.2, 0.25) is 0 Å². The number of carbonyl (C=O) groups is 1. The fraction of sp³-hybridized carbons (Fsp3) is 0.938. The third-order valence-corrected chi connectivity index (χ3v) is 5.11. The monoisotopic (exact) mass is 281 g/mol. The lowest BCUT2D eigenvalue weighted by Gasteiger charge is -2.32. The highest BCUT2D eigenvalue weighted by molar-refractivity contribution is 5.78. The molecule has 20 heavy (non-hydrogen) atoms. The van der Waals surface area contributed by atoms with Gasteiger partial charge >= 0.3 is 0 Å². The quantitative estimate of drug-likeness (QED) is 0.797. The molecule has 1 aliphatic carbocycles. The van der Waals surface area contributed by atoms with Gasteiger partial charge in [0.1, 0.15) is 0 Å². The van der Waals surface area contributed by atoms with Crippen molar-refractivity contribution in [2.45, 2.75) is 51.5 Å². The van der Waals surface area contributed by atoms with E-state index in [1.54, 1.807) is 0 Å². The van der Waals surface area contributed by atoms with Crippen molar-refractivity contribution in [2.24, 2.45) is 5.92 Å². The highest BCUT2D eigenvalue weighted by Gasteiger charge is 2.24. The zero-order valence-corrected chi connectivity index (χ0v) is 13.2. The second-order valence-corrected chi connectivity index (χ2v) is 6.48. The molecular formula is C16H31N3O. The standard InChI is InChI=1S/C16H31N3O/c1-3-14-5-4-6-15(8-7-14)18(2)13-16(20)19-11-9-17-10-12-19/h14-15,17H,3-13H2,1-2H3. The van der Waals surface area contributed by atoms with Crippen LogP contribution >= 0.6 is 0 Å². The van der Waals surface area contributed by atoms with Crippen LogP contribution in [0.25, 0.3) is 0 Å². The summed E-state index contributed by atoms with van der Waals surface area (Å²) in [4.78, 5) is 16.6. The average molecular weight is 281 g/mol. The van der Waals surface area contributed by atoms with Crippen molar-refractivity contribution >= 4 is 5.91 Å². The SMILES string of the molecule is CCC1CCCC(N(C)CC(=O)N2CCNCC2)CC1. The van der Waals surface area contributed by atoms with Gasteiger partial charge in [-0.1, -0.05) is 26.2 Å². The number of carbonyl (C=O) groups excluding carboxylic acids is 1. The molecule has 0 radical (unpaired) electrons. The topological polar surface area (TPSA) is 35.6 Å². The van der Waals surface area contributed by atoms with E-state index in [1.807, 2.05) is 4.90 Å². The fourth-order valence-corrected chi connectivity index (χ4v) is 3.56. The molecule has 2 aliphatic rings. The number of nitrogens with one attached hydrogen (secondary N) is 1. The van der Waals surface area contributed by atoms with Crippen LogP contribution in [-0.4, -0.2) is 61.5 Å². The van der Waals surface area contributed by atoms with E-state index < -0.39 is 0 Å². The first-order valence-electron chi connectivity index (χ1n) is 8.39. The normalized spacial score (nSPS) is 28.4. The Hall–Kier alpha value is -0.610. The predicted octanol–water partition coefficient (Wildman–Crippen LogP) is 1.71. The Morgan fingerprint density at radius 3 is 2.65 bits per heavy atom. The smallest absolute Gasteiger partial charge is 0.236 e.